The Morgan fingerprint density at radius 1 is 1.41 bits per heavy atom. The Hall–Kier alpha value is -1.38. The van der Waals surface area contributed by atoms with Gasteiger partial charge in [-0.05, 0) is 30.9 Å². The Bertz CT molecular complexity index is 413. The summed E-state index contributed by atoms with van der Waals surface area (Å²) < 4.78 is 0. The molecule has 0 atom stereocenters. The lowest BCUT2D eigenvalue weighted by molar-refractivity contribution is 0.468. The van der Waals surface area contributed by atoms with Gasteiger partial charge in [-0.1, -0.05) is 13.3 Å². The number of hydrogen-bond donors (Lipinski definition) is 2. The largest absolute Gasteiger partial charge is 0.505 e. The van der Waals surface area contributed by atoms with Crippen LogP contribution in [0.1, 0.15) is 30.9 Å². The lowest BCUT2D eigenvalue weighted by Gasteiger charge is -2.27. The van der Waals surface area contributed by atoms with Crippen LogP contribution in [-0.4, -0.2) is 25.7 Å². The molecule has 17 heavy (non-hydrogen) atoms. The van der Waals surface area contributed by atoms with Crippen molar-refractivity contribution in [1.82, 2.24) is 0 Å². The average molecular weight is 234 g/mol. The normalized spacial score (nSPS) is 14.1. The SMILES string of the molecule is CCCc1cc(N(C)C)c2c(c1O)NCCC2. The third-order valence-corrected chi connectivity index (χ3v) is 3.37. The molecule has 0 bridgehead atoms. The van der Waals surface area contributed by atoms with E-state index in [0.29, 0.717) is 5.75 Å². The van der Waals surface area contributed by atoms with Gasteiger partial charge in [0.25, 0.3) is 0 Å². The molecule has 0 fully saturated rings. The minimum absolute atomic E-state index is 0.465. The van der Waals surface area contributed by atoms with Gasteiger partial charge >= 0.3 is 0 Å². The van der Waals surface area contributed by atoms with Crippen molar-refractivity contribution in [1.29, 1.82) is 0 Å². The molecule has 3 heteroatoms. The molecule has 0 aliphatic carbocycles. The number of phenols is 1. The quantitative estimate of drug-likeness (QED) is 0.789. The summed E-state index contributed by atoms with van der Waals surface area (Å²) in [4.78, 5) is 2.14. The summed E-state index contributed by atoms with van der Waals surface area (Å²) in [6, 6.07) is 2.14. The van der Waals surface area contributed by atoms with E-state index in [2.05, 4.69) is 37.3 Å². The van der Waals surface area contributed by atoms with Crippen molar-refractivity contribution in [3.63, 3.8) is 0 Å². The molecule has 0 unspecified atom stereocenters. The van der Waals surface area contributed by atoms with Crippen molar-refractivity contribution in [3.05, 3.63) is 17.2 Å². The van der Waals surface area contributed by atoms with E-state index in [-0.39, 0.29) is 0 Å². The molecule has 0 saturated carbocycles. The van der Waals surface area contributed by atoms with Gasteiger partial charge in [-0.25, -0.2) is 0 Å². The molecule has 94 valence electrons. The molecule has 0 aromatic heterocycles. The molecular weight excluding hydrogens is 212 g/mol. The van der Waals surface area contributed by atoms with Crippen LogP contribution >= 0.6 is 0 Å². The number of anilines is 2. The predicted molar refractivity (Wildman–Crippen MR) is 73.2 cm³/mol. The van der Waals surface area contributed by atoms with E-state index in [1.807, 2.05) is 0 Å². The van der Waals surface area contributed by atoms with Crippen LogP contribution in [0.25, 0.3) is 0 Å². The van der Waals surface area contributed by atoms with Crippen LogP contribution in [0.15, 0.2) is 6.07 Å². The standard InChI is InChI=1S/C14H22N2O/c1-4-6-10-9-12(16(2)3)11-7-5-8-15-13(11)14(10)17/h9,15,17H,4-8H2,1-3H3. The van der Waals surface area contributed by atoms with E-state index in [1.165, 1.54) is 11.3 Å². The Kier molecular flexibility index (Phi) is 3.46. The van der Waals surface area contributed by atoms with Crippen molar-refractivity contribution in [2.24, 2.45) is 0 Å². The summed E-state index contributed by atoms with van der Waals surface area (Å²) in [5.41, 5.74) is 4.53. The maximum atomic E-state index is 10.3. The van der Waals surface area contributed by atoms with E-state index in [9.17, 15) is 5.11 Å². The monoisotopic (exact) mass is 234 g/mol. The molecule has 0 spiro atoms. The van der Waals surface area contributed by atoms with Crippen molar-refractivity contribution >= 4 is 11.4 Å². The highest BCUT2D eigenvalue weighted by molar-refractivity contribution is 5.75. The molecule has 1 aromatic rings. The molecular formula is C14H22N2O. The van der Waals surface area contributed by atoms with Crippen molar-refractivity contribution in [2.45, 2.75) is 32.6 Å². The number of benzene rings is 1. The molecule has 2 N–H and O–H groups in total. The first-order valence-corrected chi connectivity index (χ1v) is 6.44. The zero-order valence-corrected chi connectivity index (χ0v) is 11.0. The van der Waals surface area contributed by atoms with Gasteiger partial charge < -0.3 is 15.3 Å². The highest BCUT2D eigenvalue weighted by atomic mass is 16.3. The number of nitrogens with zero attached hydrogens (tertiary/aromatic N) is 1. The third-order valence-electron chi connectivity index (χ3n) is 3.37. The first-order valence-electron chi connectivity index (χ1n) is 6.44. The molecule has 3 nitrogen and oxygen atoms in total. The van der Waals surface area contributed by atoms with Crippen LogP contribution in [0.5, 0.6) is 5.75 Å². The number of hydrogen-bond acceptors (Lipinski definition) is 3. The minimum Gasteiger partial charge on any atom is -0.505 e. The first-order chi connectivity index (χ1) is 8.15. The van der Waals surface area contributed by atoms with E-state index < -0.39 is 0 Å². The summed E-state index contributed by atoms with van der Waals surface area (Å²) in [5, 5.41) is 13.6. The lowest BCUT2D eigenvalue weighted by atomic mass is 9.95. The van der Waals surface area contributed by atoms with Crippen LogP contribution in [0, 0.1) is 0 Å². The fourth-order valence-corrected chi connectivity index (χ4v) is 2.53. The van der Waals surface area contributed by atoms with Gasteiger partial charge in [0.1, 0.15) is 5.75 Å². The summed E-state index contributed by atoms with van der Waals surface area (Å²) in [7, 11) is 4.13. The Balaban J connectivity index is 2.55. The van der Waals surface area contributed by atoms with Gasteiger partial charge in [-0.2, -0.15) is 0 Å². The van der Waals surface area contributed by atoms with E-state index in [0.717, 1.165) is 43.5 Å². The average Bonchev–Trinajstić information content (AvgIpc) is 2.32. The smallest absolute Gasteiger partial charge is 0.142 e. The fourth-order valence-electron chi connectivity index (χ4n) is 2.53. The number of aryl methyl sites for hydroxylation is 1. The van der Waals surface area contributed by atoms with Gasteiger partial charge in [0.15, 0.2) is 0 Å². The third kappa shape index (κ3) is 2.19. The zero-order chi connectivity index (χ0) is 12.4. The van der Waals surface area contributed by atoms with Crippen molar-refractivity contribution < 1.29 is 5.11 Å². The van der Waals surface area contributed by atoms with E-state index in [1.54, 1.807) is 0 Å². The van der Waals surface area contributed by atoms with Crippen LogP contribution < -0.4 is 10.2 Å². The molecule has 1 aromatic carbocycles. The summed E-state index contributed by atoms with van der Waals surface area (Å²) >= 11 is 0. The van der Waals surface area contributed by atoms with Crippen LogP contribution in [0.2, 0.25) is 0 Å². The van der Waals surface area contributed by atoms with Crippen LogP contribution in [0.4, 0.5) is 11.4 Å². The fraction of sp³-hybridized carbons (Fsp3) is 0.571. The summed E-state index contributed by atoms with van der Waals surface area (Å²) in [6.07, 6.45) is 4.18. The van der Waals surface area contributed by atoms with Crippen molar-refractivity contribution in [3.8, 4) is 5.75 Å². The van der Waals surface area contributed by atoms with Crippen molar-refractivity contribution in [2.75, 3.05) is 30.9 Å². The molecule has 1 heterocycles. The second-order valence-corrected chi connectivity index (χ2v) is 4.93. The zero-order valence-electron chi connectivity index (χ0n) is 11.0. The van der Waals surface area contributed by atoms with Crippen LogP contribution in [-0.2, 0) is 12.8 Å². The topological polar surface area (TPSA) is 35.5 Å². The first kappa shape index (κ1) is 12.1. The molecule has 1 aliphatic rings. The molecule has 0 amide bonds. The summed E-state index contributed by atoms with van der Waals surface area (Å²) in [5.74, 6) is 0.465. The number of rotatable bonds is 3. The Labute approximate surface area is 103 Å². The van der Waals surface area contributed by atoms with Crippen LogP contribution in [0.3, 0.4) is 0 Å². The molecule has 0 saturated heterocycles. The minimum atomic E-state index is 0.465. The van der Waals surface area contributed by atoms with Gasteiger partial charge in [-0.3, -0.25) is 0 Å². The Morgan fingerprint density at radius 2 is 2.18 bits per heavy atom. The lowest BCUT2D eigenvalue weighted by Crippen LogP contribution is -2.18. The number of aromatic hydroxyl groups is 1. The molecule has 0 radical (unpaired) electrons. The Morgan fingerprint density at radius 3 is 2.82 bits per heavy atom. The predicted octanol–water partition coefficient (Wildman–Crippen LogP) is 2.77. The van der Waals surface area contributed by atoms with Gasteiger partial charge in [0, 0.05) is 31.9 Å². The number of phenolic OH excluding ortho intramolecular Hbond substituents is 1. The number of nitrogens with one attached hydrogen (secondary N) is 1. The highest BCUT2D eigenvalue weighted by Crippen LogP contribution is 2.40. The van der Waals surface area contributed by atoms with Gasteiger partial charge in [0.05, 0.1) is 5.69 Å². The molecule has 2 rings (SSSR count). The maximum Gasteiger partial charge on any atom is 0.142 e. The second kappa shape index (κ2) is 4.86. The maximum absolute atomic E-state index is 10.3. The van der Waals surface area contributed by atoms with E-state index >= 15 is 0 Å². The van der Waals surface area contributed by atoms with Gasteiger partial charge in [0.2, 0.25) is 0 Å². The summed E-state index contributed by atoms with van der Waals surface area (Å²) in [6.45, 7) is 3.10. The van der Waals surface area contributed by atoms with Gasteiger partial charge in [-0.15, -0.1) is 0 Å². The highest BCUT2D eigenvalue weighted by Gasteiger charge is 2.20. The van der Waals surface area contributed by atoms with E-state index in [4.69, 9.17) is 0 Å². The number of fused-ring (bicyclic) bond motifs is 1. The molecule has 1 aliphatic heterocycles. The second-order valence-electron chi connectivity index (χ2n) is 4.93.